The van der Waals surface area contributed by atoms with Crippen LogP contribution < -0.4 is 10.1 Å². The minimum absolute atomic E-state index is 0.384. The molecule has 1 unspecified atom stereocenters. The number of likely N-dealkylation sites (N-methyl/N-ethyl adjacent to an activating group) is 1. The largest absolute Gasteiger partial charge is 0.496 e. The van der Waals surface area contributed by atoms with Gasteiger partial charge < -0.3 is 15.0 Å². The van der Waals surface area contributed by atoms with Gasteiger partial charge in [0.05, 0.1) is 7.11 Å². The second-order valence-electron chi connectivity index (χ2n) is 4.70. The maximum absolute atomic E-state index is 5.47. The van der Waals surface area contributed by atoms with Crippen LogP contribution in [0.25, 0.3) is 0 Å². The number of nitrogens with zero attached hydrogens (tertiary/aromatic N) is 1. The summed E-state index contributed by atoms with van der Waals surface area (Å²) in [6.45, 7) is 5.39. The summed E-state index contributed by atoms with van der Waals surface area (Å²) >= 11 is 0. The van der Waals surface area contributed by atoms with Gasteiger partial charge in [0.15, 0.2) is 0 Å². The van der Waals surface area contributed by atoms with Crippen LogP contribution in [-0.2, 0) is 6.42 Å². The SMILES string of the molecule is CCc1ccc(OC)c(C2CN(C)CCN2)c1. The van der Waals surface area contributed by atoms with Crippen molar-refractivity contribution in [3.8, 4) is 5.75 Å². The van der Waals surface area contributed by atoms with Crippen LogP contribution in [-0.4, -0.2) is 38.7 Å². The molecule has 0 aromatic heterocycles. The van der Waals surface area contributed by atoms with Crippen molar-refractivity contribution in [2.45, 2.75) is 19.4 Å². The van der Waals surface area contributed by atoms with Gasteiger partial charge in [-0.05, 0) is 25.1 Å². The highest BCUT2D eigenvalue weighted by atomic mass is 16.5. The van der Waals surface area contributed by atoms with Crippen LogP contribution in [0.4, 0.5) is 0 Å². The van der Waals surface area contributed by atoms with Gasteiger partial charge in [0, 0.05) is 31.2 Å². The van der Waals surface area contributed by atoms with Gasteiger partial charge >= 0.3 is 0 Å². The van der Waals surface area contributed by atoms with Gasteiger partial charge in [0.2, 0.25) is 0 Å². The lowest BCUT2D eigenvalue weighted by molar-refractivity contribution is 0.237. The molecule has 0 saturated carbocycles. The summed E-state index contributed by atoms with van der Waals surface area (Å²) < 4.78 is 5.47. The zero-order valence-corrected chi connectivity index (χ0v) is 11.0. The summed E-state index contributed by atoms with van der Waals surface area (Å²) in [4.78, 5) is 2.36. The molecular formula is C14H22N2O. The average molecular weight is 234 g/mol. The smallest absolute Gasteiger partial charge is 0.123 e. The van der Waals surface area contributed by atoms with E-state index in [1.165, 1.54) is 11.1 Å². The van der Waals surface area contributed by atoms with E-state index < -0.39 is 0 Å². The van der Waals surface area contributed by atoms with Gasteiger partial charge in [-0.3, -0.25) is 0 Å². The number of hydrogen-bond donors (Lipinski definition) is 1. The number of benzene rings is 1. The lowest BCUT2D eigenvalue weighted by Crippen LogP contribution is -2.43. The fourth-order valence-corrected chi connectivity index (χ4v) is 2.38. The Hall–Kier alpha value is -1.06. The Morgan fingerprint density at radius 3 is 2.94 bits per heavy atom. The van der Waals surface area contributed by atoms with Crippen molar-refractivity contribution in [3.05, 3.63) is 29.3 Å². The normalized spacial score (nSPS) is 21.5. The van der Waals surface area contributed by atoms with Gasteiger partial charge in [0.1, 0.15) is 5.75 Å². The first-order valence-electron chi connectivity index (χ1n) is 6.33. The van der Waals surface area contributed by atoms with E-state index >= 15 is 0 Å². The van der Waals surface area contributed by atoms with E-state index in [4.69, 9.17) is 4.74 Å². The maximum Gasteiger partial charge on any atom is 0.123 e. The summed E-state index contributed by atoms with van der Waals surface area (Å²) in [5, 5.41) is 3.57. The third-order valence-electron chi connectivity index (χ3n) is 3.46. The number of ether oxygens (including phenoxy) is 1. The maximum atomic E-state index is 5.47. The monoisotopic (exact) mass is 234 g/mol. The van der Waals surface area contributed by atoms with E-state index in [1.54, 1.807) is 7.11 Å². The van der Waals surface area contributed by atoms with Gasteiger partial charge in [-0.2, -0.15) is 0 Å². The molecule has 2 rings (SSSR count). The molecule has 1 N–H and O–H groups in total. The van der Waals surface area contributed by atoms with Crippen LogP contribution in [0.3, 0.4) is 0 Å². The number of hydrogen-bond acceptors (Lipinski definition) is 3. The van der Waals surface area contributed by atoms with E-state index in [1.807, 2.05) is 0 Å². The first-order valence-corrected chi connectivity index (χ1v) is 6.33. The average Bonchev–Trinajstić information content (AvgIpc) is 2.38. The lowest BCUT2D eigenvalue weighted by Gasteiger charge is -2.32. The summed E-state index contributed by atoms with van der Waals surface area (Å²) in [6.07, 6.45) is 1.07. The minimum atomic E-state index is 0.384. The molecule has 1 aromatic rings. The Morgan fingerprint density at radius 2 is 2.29 bits per heavy atom. The quantitative estimate of drug-likeness (QED) is 0.863. The Bertz CT molecular complexity index is 378. The minimum Gasteiger partial charge on any atom is -0.496 e. The van der Waals surface area contributed by atoms with Gasteiger partial charge in [0.25, 0.3) is 0 Å². The third kappa shape index (κ3) is 2.79. The predicted molar refractivity (Wildman–Crippen MR) is 70.6 cm³/mol. The number of aryl methyl sites for hydroxylation is 1. The molecule has 1 aliphatic heterocycles. The molecule has 1 aliphatic rings. The fraction of sp³-hybridized carbons (Fsp3) is 0.571. The first-order chi connectivity index (χ1) is 8.24. The van der Waals surface area contributed by atoms with Crippen molar-refractivity contribution < 1.29 is 4.74 Å². The van der Waals surface area contributed by atoms with Gasteiger partial charge in [-0.25, -0.2) is 0 Å². The molecule has 0 spiro atoms. The van der Waals surface area contributed by atoms with Crippen molar-refractivity contribution >= 4 is 0 Å². The summed E-state index contributed by atoms with van der Waals surface area (Å²) in [6, 6.07) is 6.89. The molecule has 1 heterocycles. The molecule has 94 valence electrons. The van der Waals surface area contributed by atoms with Crippen molar-refractivity contribution in [1.29, 1.82) is 0 Å². The Balaban J connectivity index is 2.27. The third-order valence-corrected chi connectivity index (χ3v) is 3.46. The molecule has 3 nitrogen and oxygen atoms in total. The van der Waals surface area contributed by atoms with E-state index in [2.05, 4.69) is 42.4 Å². The zero-order chi connectivity index (χ0) is 12.3. The first kappa shape index (κ1) is 12.4. The molecule has 0 amide bonds. The second-order valence-corrected chi connectivity index (χ2v) is 4.70. The van der Waals surface area contributed by atoms with E-state index in [-0.39, 0.29) is 0 Å². The van der Waals surface area contributed by atoms with Crippen LogP contribution in [0.1, 0.15) is 24.1 Å². The second kappa shape index (κ2) is 5.52. The zero-order valence-electron chi connectivity index (χ0n) is 11.0. The predicted octanol–water partition coefficient (Wildman–Crippen LogP) is 1.83. The number of piperazine rings is 1. The van der Waals surface area contributed by atoms with Crippen LogP contribution in [0.15, 0.2) is 18.2 Å². The molecule has 0 aliphatic carbocycles. The van der Waals surface area contributed by atoms with Crippen LogP contribution in [0.2, 0.25) is 0 Å². The van der Waals surface area contributed by atoms with Crippen LogP contribution in [0, 0.1) is 0 Å². The van der Waals surface area contributed by atoms with Crippen molar-refractivity contribution in [3.63, 3.8) is 0 Å². The highest BCUT2D eigenvalue weighted by Gasteiger charge is 2.21. The molecule has 0 radical (unpaired) electrons. The van der Waals surface area contributed by atoms with Crippen molar-refractivity contribution in [2.75, 3.05) is 33.8 Å². The fourth-order valence-electron chi connectivity index (χ4n) is 2.38. The number of nitrogens with one attached hydrogen (secondary N) is 1. The van der Waals surface area contributed by atoms with Gasteiger partial charge in [-0.15, -0.1) is 0 Å². The molecule has 3 heteroatoms. The summed E-state index contributed by atoms with van der Waals surface area (Å²) in [5.41, 5.74) is 2.66. The van der Waals surface area contributed by atoms with Crippen LogP contribution in [0.5, 0.6) is 5.75 Å². The molecule has 0 bridgehead atoms. The van der Waals surface area contributed by atoms with Crippen molar-refractivity contribution in [2.24, 2.45) is 0 Å². The van der Waals surface area contributed by atoms with E-state index in [0.717, 1.165) is 31.8 Å². The highest BCUT2D eigenvalue weighted by molar-refractivity contribution is 5.40. The molecule has 1 aromatic carbocycles. The molecule has 1 saturated heterocycles. The highest BCUT2D eigenvalue weighted by Crippen LogP contribution is 2.28. The number of methoxy groups -OCH3 is 1. The topological polar surface area (TPSA) is 24.5 Å². The number of rotatable bonds is 3. The molecular weight excluding hydrogens is 212 g/mol. The van der Waals surface area contributed by atoms with Crippen molar-refractivity contribution in [1.82, 2.24) is 10.2 Å². The Labute approximate surface area is 104 Å². The van der Waals surface area contributed by atoms with E-state index in [0.29, 0.717) is 6.04 Å². The standard InChI is InChI=1S/C14H22N2O/c1-4-11-5-6-14(17-3)12(9-11)13-10-16(2)8-7-15-13/h5-6,9,13,15H,4,7-8,10H2,1-3H3. The Morgan fingerprint density at radius 1 is 1.47 bits per heavy atom. The Kier molecular flexibility index (Phi) is 4.02. The summed E-state index contributed by atoms with van der Waals surface area (Å²) in [5.74, 6) is 0.995. The molecule has 17 heavy (non-hydrogen) atoms. The summed E-state index contributed by atoms with van der Waals surface area (Å²) in [7, 11) is 3.92. The molecule has 1 atom stereocenters. The van der Waals surface area contributed by atoms with Gasteiger partial charge in [-0.1, -0.05) is 19.1 Å². The van der Waals surface area contributed by atoms with E-state index in [9.17, 15) is 0 Å². The van der Waals surface area contributed by atoms with Crippen LogP contribution >= 0.6 is 0 Å². The molecule has 1 fully saturated rings. The lowest BCUT2D eigenvalue weighted by atomic mass is 10.00.